The van der Waals surface area contributed by atoms with Crippen molar-refractivity contribution in [1.82, 2.24) is 5.32 Å². The normalized spacial score (nSPS) is 24.8. The van der Waals surface area contributed by atoms with Crippen LogP contribution >= 0.6 is 11.3 Å². The molecular formula is C18H31NS. The molecule has 1 aromatic rings. The van der Waals surface area contributed by atoms with Crippen LogP contribution in [0.25, 0.3) is 0 Å². The van der Waals surface area contributed by atoms with E-state index in [2.05, 4.69) is 38.3 Å². The molecule has 0 bridgehead atoms. The molecule has 1 aromatic heterocycles. The van der Waals surface area contributed by atoms with Gasteiger partial charge in [0.2, 0.25) is 0 Å². The van der Waals surface area contributed by atoms with Crippen LogP contribution < -0.4 is 5.32 Å². The van der Waals surface area contributed by atoms with E-state index in [0.29, 0.717) is 6.04 Å². The molecule has 1 nitrogen and oxygen atoms in total. The van der Waals surface area contributed by atoms with E-state index >= 15 is 0 Å². The van der Waals surface area contributed by atoms with Crippen LogP contribution in [0.15, 0.2) is 12.1 Å². The molecule has 0 saturated heterocycles. The second-order valence-electron chi connectivity index (χ2n) is 6.39. The maximum Gasteiger partial charge on any atom is 0.0141 e. The molecule has 2 rings (SSSR count). The molecule has 1 heterocycles. The summed E-state index contributed by atoms with van der Waals surface area (Å²) < 4.78 is 0. The molecule has 0 radical (unpaired) electrons. The molecule has 20 heavy (non-hydrogen) atoms. The third-order valence-electron chi connectivity index (χ3n) is 5.02. The van der Waals surface area contributed by atoms with E-state index in [4.69, 9.17) is 0 Å². The first kappa shape index (κ1) is 16.0. The van der Waals surface area contributed by atoms with Gasteiger partial charge in [0, 0.05) is 15.8 Å². The van der Waals surface area contributed by atoms with Crippen LogP contribution in [0.5, 0.6) is 0 Å². The highest BCUT2D eigenvalue weighted by atomic mass is 32.1. The Labute approximate surface area is 129 Å². The fraction of sp³-hybridized carbons (Fsp3) is 0.778. The van der Waals surface area contributed by atoms with Gasteiger partial charge in [-0.1, -0.05) is 39.5 Å². The van der Waals surface area contributed by atoms with Crippen molar-refractivity contribution in [3.05, 3.63) is 21.9 Å². The highest BCUT2D eigenvalue weighted by Crippen LogP contribution is 2.34. The second kappa shape index (κ2) is 8.19. The maximum absolute atomic E-state index is 3.60. The number of nitrogens with one attached hydrogen (secondary N) is 1. The van der Waals surface area contributed by atoms with Crippen LogP contribution in [-0.2, 0) is 12.8 Å². The molecule has 1 N–H and O–H groups in total. The van der Waals surface area contributed by atoms with E-state index in [0.717, 1.165) is 11.8 Å². The van der Waals surface area contributed by atoms with E-state index in [1.54, 1.807) is 4.88 Å². The number of thiophene rings is 1. The van der Waals surface area contributed by atoms with Gasteiger partial charge in [0.1, 0.15) is 0 Å². The number of aryl methyl sites for hydroxylation is 1. The molecule has 2 heteroatoms. The Hall–Kier alpha value is -0.340. The largest absolute Gasteiger partial charge is 0.316 e. The summed E-state index contributed by atoms with van der Waals surface area (Å²) in [5.41, 5.74) is 0. The van der Waals surface area contributed by atoms with Gasteiger partial charge in [0.25, 0.3) is 0 Å². The summed E-state index contributed by atoms with van der Waals surface area (Å²) in [6, 6.07) is 5.34. The molecule has 1 unspecified atom stereocenters. The first-order valence-corrected chi connectivity index (χ1v) is 9.33. The van der Waals surface area contributed by atoms with Crippen molar-refractivity contribution in [3.63, 3.8) is 0 Å². The Bertz CT molecular complexity index is 377. The third kappa shape index (κ3) is 4.33. The van der Waals surface area contributed by atoms with Gasteiger partial charge >= 0.3 is 0 Å². The average molecular weight is 294 g/mol. The molecule has 0 spiro atoms. The first-order chi connectivity index (χ1) is 9.76. The Balaban J connectivity index is 1.86. The van der Waals surface area contributed by atoms with Gasteiger partial charge in [-0.2, -0.15) is 0 Å². The first-order valence-electron chi connectivity index (χ1n) is 8.51. The van der Waals surface area contributed by atoms with Gasteiger partial charge in [-0.15, -0.1) is 11.3 Å². The van der Waals surface area contributed by atoms with E-state index in [9.17, 15) is 0 Å². The molecular weight excluding hydrogens is 262 g/mol. The Morgan fingerprint density at radius 1 is 1.15 bits per heavy atom. The minimum Gasteiger partial charge on any atom is -0.316 e. The summed E-state index contributed by atoms with van der Waals surface area (Å²) in [5.74, 6) is 1.91. The molecule has 0 amide bonds. The van der Waals surface area contributed by atoms with E-state index in [-0.39, 0.29) is 0 Å². The molecule has 1 aliphatic rings. The topological polar surface area (TPSA) is 12.0 Å². The van der Waals surface area contributed by atoms with E-state index in [1.165, 1.54) is 56.2 Å². The minimum atomic E-state index is 0.681. The average Bonchev–Trinajstić information content (AvgIpc) is 2.94. The maximum atomic E-state index is 3.60. The Morgan fingerprint density at radius 2 is 1.85 bits per heavy atom. The predicted molar refractivity (Wildman–Crippen MR) is 90.6 cm³/mol. The molecule has 0 aromatic carbocycles. The van der Waals surface area contributed by atoms with Crippen LogP contribution in [0.2, 0.25) is 0 Å². The monoisotopic (exact) mass is 293 g/mol. The number of likely N-dealkylation sites (N-methyl/N-ethyl adjacent to an activating group) is 1. The summed E-state index contributed by atoms with van der Waals surface area (Å²) in [7, 11) is 2.15. The van der Waals surface area contributed by atoms with Gasteiger partial charge < -0.3 is 5.32 Å². The molecule has 114 valence electrons. The second-order valence-corrected chi connectivity index (χ2v) is 7.64. The number of hydrogen-bond donors (Lipinski definition) is 1. The molecule has 1 saturated carbocycles. The van der Waals surface area contributed by atoms with Crippen molar-refractivity contribution < 1.29 is 0 Å². The van der Waals surface area contributed by atoms with Crippen LogP contribution in [0.3, 0.4) is 0 Å². The van der Waals surface area contributed by atoms with E-state index in [1.807, 2.05) is 11.3 Å². The highest BCUT2D eigenvalue weighted by Gasteiger charge is 2.26. The quantitative estimate of drug-likeness (QED) is 0.742. The molecule has 1 fully saturated rings. The highest BCUT2D eigenvalue weighted by molar-refractivity contribution is 7.11. The van der Waals surface area contributed by atoms with Gasteiger partial charge in [-0.3, -0.25) is 0 Å². The summed E-state index contributed by atoms with van der Waals surface area (Å²) in [4.78, 5) is 3.10. The Kier molecular flexibility index (Phi) is 6.57. The third-order valence-corrected chi connectivity index (χ3v) is 6.27. The number of hydrogen-bond acceptors (Lipinski definition) is 2. The SMILES string of the molecule is CCCC1CCC(C(Cc2ccc(CC)s2)NC)CC1. The fourth-order valence-corrected chi connectivity index (χ4v) is 4.75. The van der Waals surface area contributed by atoms with Crippen molar-refractivity contribution in [2.24, 2.45) is 11.8 Å². The summed E-state index contributed by atoms with van der Waals surface area (Å²) in [6.45, 7) is 4.57. The summed E-state index contributed by atoms with van der Waals surface area (Å²) >= 11 is 2.01. The lowest BCUT2D eigenvalue weighted by Gasteiger charge is -2.33. The predicted octanol–water partition coefficient (Wildman–Crippen LogP) is 5.05. The zero-order valence-electron chi connectivity index (χ0n) is 13.5. The fourth-order valence-electron chi connectivity index (χ4n) is 3.73. The van der Waals surface area contributed by atoms with Gasteiger partial charge in [0.05, 0.1) is 0 Å². The summed E-state index contributed by atoms with van der Waals surface area (Å²) in [5, 5.41) is 3.60. The van der Waals surface area contributed by atoms with Crippen molar-refractivity contribution in [2.45, 2.75) is 71.3 Å². The van der Waals surface area contributed by atoms with Crippen LogP contribution in [0.1, 0.15) is 62.1 Å². The summed E-state index contributed by atoms with van der Waals surface area (Å²) in [6.07, 6.45) is 11.0. The standard InChI is InChI=1S/C18H31NS/c1-4-6-14-7-9-15(10-8-14)18(19-3)13-17-12-11-16(5-2)20-17/h11-12,14-15,18-19H,4-10,13H2,1-3H3. The van der Waals surface area contributed by atoms with Crippen molar-refractivity contribution in [1.29, 1.82) is 0 Å². The Morgan fingerprint density at radius 3 is 2.40 bits per heavy atom. The zero-order valence-corrected chi connectivity index (χ0v) is 14.3. The molecule has 1 atom stereocenters. The van der Waals surface area contributed by atoms with Crippen molar-refractivity contribution in [3.8, 4) is 0 Å². The van der Waals surface area contributed by atoms with E-state index < -0.39 is 0 Å². The van der Waals surface area contributed by atoms with Gasteiger partial charge in [0.15, 0.2) is 0 Å². The lowest BCUT2D eigenvalue weighted by molar-refractivity contribution is 0.218. The van der Waals surface area contributed by atoms with Crippen LogP contribution in [0, 0.1) is 11.8 Å². The smallest absolute Gasteiger partial charge is 0.0141 e. The number of rotatable bonds is 7. The van der Waals surface area contributed by atoms with Gasteiger partial charge in [-0.25, -0.2) is 0 Å². The minimum absolute atomic E-state index is 0.681. The molecule has 1 aliphatic carbocycles. The van der Waals surface area contributed by atoms with Gasteiger partial charge in [-0.05, 0) is 56.7 Å². The van der Waals surface area contributed by atoms with Crippen molar-refractivity contribution in [2.75, 3.05) is 7.05 Å². The zero-order chi connectivity index (χ0) is 14.4. The lowest BCUT2D eigenvalue weighted by atomic mass is 9.76. The lowest BCUT2D eigenvalue weighted by Crippen LogP contribution is -2.37. The van der Waals surface area contributed by atoms with Crippen molar-refractivity contribution >= 4 is 11.3 Å². The van der Waals surface area contributed by atoms with Crippen LogP contribution in [-0.4, -0.2) is 13.1 Å². The molecule has 0 aliphatic heterocycles. The van der Waals surface area contributed by atoms with Crippen LogP contribution in [0.4, 0.5) is 0 Å².